The van der Waals surface area contributed by atoms with Crippen LogP contribution in [0.4, 0.5) is 0 Å². The quantitative estimate of drug-likeness (QED) is 0.477. The van der Waals surface area contributed by atoms with Crippen LogP contribution in [0.25, 0.3) is 11.1 Å². The van der Waals surface area contributed by atoms with Crippen LogP contribution >= 0.6 is 0 Å². The van der Waals surface area contributed by atoms with Gasteiger partial charge in [0.1, 0.15) is 0 Å². The van der Waals surface area contributed by atoms with Gasteiger partial charge in [0.15, 0.2) is 11.5 Å². The second-order valence-corrected chi connectivity index (χ2v) is 6.93. The van der Waals surface area contributed by atoms with Crippen molar-refractivity contribution >= 4 is 17.5 Å². The van der Waals surface area contributed by atoms with Gasteiger partial charge < -0.3 is 14.8 Å². The summed E-state index contributed by atoms with van der Waals surface area (Å²) in [5.41, 5.74) is 6.64. The lowest BCUT2D eigenvalue weighted by molar-refractivity contribution is -0.120. The number of hydrogen-bond donors (Lipinski definition) is 2. The molecule has 1 aliphatic rings. The maximum Gasteiger partial charge on any atom is 0.259 e. The summed E-state index contributed by atoms with van der Waals surface area (Å²) in [4.78, 5) is 24.3. The molecule has 3 aromatic rings. The van der Waals surface area contributed by atoms with Gasteiger partial charge in [-0.25, -0.2) is 5.43 Å². The molecule has 2 N–H and O–H groups in total. The summed E-state index contributed by atoms with van der Waals surface area (Å²) in [5, 5.41) is 6.69. The third-order valence-electron chi connectivity index (χ3n) is 4.80. The molecule has 0 saturated carbocycles. The minimum atomic E-state index is -0.422. The zero-order valence-corrected chi connectivity index (χ0v) is 16.9. The van der Waals surface area contributed by atoms with Crippen LogP contribution in [-0.2, 0) is 4.79 Å². The number of amides is 2. The van der Waals surface area contributed by atoms with Crippen molar-refractivity contribution in [2.24, 2.45) is 5.10 Å². The van der Waals surface area contributed by atoms with E-state index < -0.39 is 5.91 Å². The van der Waals surface area contributed by atoms with Gasteiger partial charge in [0.2, 0.25) is 6.79 Å². The van der Waals surface area contributed by atoms with E-state index in [2.05, 4.69) is 15.8 Å². The molecule has 0 unspecified atom stereocenters. The Balaban J connectivity index is 1.30. The van der Waals surface area contributed by atoms with E-state index in [0.29, 0.717) is 22.8 Å². The van der Waals surface area contributed by atoms with Crippen molar-refractivity contribution in [3.63, 3.8) is 0 Å². The number of hydrogen-bond acceptors (Lipinski definition) is 5. The lowest BCUT2D eigenvalue weighted by Crippen LogP contribution is -2.35. The first-order valence-electron chi connectivity index (χ1n) is 9.77. The largest absolute Gasteiger partial charge is 0.454 e. The lowest BCUT2D eigenvalue weighted by Gasteiger charge is -2.07. The Morgan fingerprint density at radius 2 is 1.55 bits per heavy atom. The topological polar surface area (TPSA) is 89.0 Å². The molecule has 7 heteroatoms. The maximum atomic E-state index is 12.2. The number of fused-ring (bicyclic) bond motifs is 1. The maximum absolute atomic E-state index is 12.2. The number of carbonyl (C=O) groups is 2. The molecule has 0 aliphatic carbocycles. The van der Waals surface area contributed by atoms with Crippen molar-refractivity contribution in [3.05, 3.63) is 83.9 Å². The van der Waals surface area contributed by atoms with Crippen molar-refractivity contribution in [2.45, 2.75) is 6.92 Å². The van der Waals surface area contributed by atoms with Crippen LogP contribution in [0.3, 0.4) is 0 Å². The summed E-state index contributed by atoms with van der Waals surface area (Å²) >= 11 is 0. The fraction of sp³-hybridized carbons (Fsp3) is 0.125. The minimum Gasteiger partial charge on any atom is -0.454 e. The number of ether oxygens (including phenoxy) is 2. The highest BCUT2D eigenvalue weighted by atomic mass is 16.7. The van der Waals surface area contributed by atoms with Crippen LogP contribution in [0.1, 0.15) is 22.8 Å². The molecule has 0 radical (unpaired) electrons. The molecule has 31 heavy (non-hydrogen) atoms. The molecule has 156 valence electrons. The first-order chi connectivity index (χ1) is 15.1. The van der Waals surface area contributed by atoms with E-state index in [-0.39, 0.29) is 19.2 Å². The lowest BCUT2D eigenvalue weighted by atomic mass is 10.0. The molecule has 7 nitrogen and oxygen atoms in total. The number of nitrogens with zero attached hydrogens (tertiary/aromatic N) is 1. The third kappa shape index (κ3) is 4.90. The Morgan fingerprint density at radius 3 is 2.32 bits per heavy atom. The van der Waals surface area contributed by atoms with E-state index in [1.165, 1.54) is 0 Å². The van der Waals surface area contributed by atoms with Crippen molar-refractivity contribution < 1.29 is 19.1 Å². The standard InChI is InChI=1S/C24H21N3O4/c1-16(17-7-9-19(10-8-17)18-5-3-2-4-6-18)26-27-23(28)14-25-24(29)20-11-12-21-22(13-20)31-15-30-21/h2-13H,14-15H2,1H3,(H,25,29)(H,27,28). The van der Waals surface area contributed by atoms with Gasteiger partial charge in [-0.05, 0) is 41.8 Å². The van der Waals surface area contributed by atoms with Crippen molar-refractivity contribution in [2.75, 3.05) is 13.3 Å². The molecule has 0 aromatic heterocycles. The molecule has 0 atom stereocenters. The molecule has 1 heterocycles. The molecule has 4 rings (SSSR count). The highest BCUT2D eigenvalue weighted by Crippen LogP contribution is 2.32. The summed E-state index contributed by atoms with van der Waals surface area (Å²) in [6, 6.07) is 22.9. The van der Waals surface area contributed by atoms with Gasteiger partial charge in [0.05, 0.1) is 12.3 Å². The monoisotopic (exact) mass is 415 g/mol. The Hall–Kier alpha value is -4.13. The fourth-order valence-corrected chi connectivity index (χ4v) is 3.09. The van der Waals surface area contributed by atoms with Gasteiger partial charge in [-0.1, -0.05) is 54.6 Å². The summed E-state index contributed by atoms with van der Waals surface area (Å²) in [6.07, 6.45) is 0. The second-order valence-electron chi connectivity index (χ2n) is 6.93. The number of carbonyl (C=O) groups excluding carboxylic acids is 2. The number of hydrazone groups is 1. The molecule has 0 saturated heterocycles. The SMILES string of the molecule is CC(=NNC(=O)CNC(=O)c1ccc2c(c1)OCO2)c1ccc(-c2ccccc2)cc1. The van der Waals surface area contributed by atoms with Crippen LogP contribution in [0, 0.1) is 0 Å². The van der Waals surface area contributed by atoms with Gasteiger partial charge in [-0.15, -0.1) is 0 Å². The zero-order valence-electron chi connectivity index (χ0n) is 16.9. The number of benzene rings is 3. The summed E-state index contributed by atoms with van der Waals surface area (Å²) in [7, 11) is 0. The van der Waals surface area contributed by atoms with Crippen LogP contribution < -0.4 is 20.2 Å². The highest BCUT2D eigenvalue weighted by Gasteiger charge is 2.16. The van der Waals surface area contributed by atoms with Crippen molar-refractivity contribution in [1.29, 1.82) is 0 Å². The van der Waals surface area contributed by atoms with E-state index in [0.717, 1.165) is 16.7 Å². The van der Waals surface area contributed by atoms with Gasteiger partial charge >= 0.3 is 0 Å². The smallest absolute Gasteiger partial charge is 0.259 e. The molecular weight excluding hydrogens is 394 g/mol. The molecule has 0 fully saturated rings. The van der Waals surface area contributed by atoms with E-state index in [1.54, 1.807) is 18.2 Å². The number of nitrogens with one attached hydrogen (secondary N) is 2. The predicted molar refractivity (Wildman–Crippen MR) is 117 cm³/mol. The summed E-state index contributed by atoms with van der Waals surface area (Å²) in [6.45, 7) is 1.75. The van der Waals surface area contributed by atoms with Gasteiger partial charge in [0.25, 0.3) is 11.8 Å². The Bertz CT molecular complexity index is 1130. The average molecular weight is 415 g/mol. The summed E-state index contributed by atoms with van der Waals surface area (Å²) < 4.78 is 10.5. The van der Waals surface area contributed by atoms with Gasteiger partial charge in [0, 0.05) is 5.56 Å². The Morgan fingerprint density at radius 1 is 0.871 bits per heavy atom. The van der Waals surface area contributed by atoms with E-state index in [4.69, 9.17) is 9.47 Å². The van der Waals surface area contributed by atoms with Crippen LogP contribution in [-0.4, -0.2) is 30.9 Å². The van der Waals surface area contributed by atoms with Crippen molar-refractivity contribution in [3.8, 4) is 22.6 Å². The fourth-order valence-electron chi connectivity index (χ4n) is 3.09. The van der Waals surface area contributed by atoms with Gasteiger partial charge in [-0.3, -0.25) is 9.59 Å². The van der Waals surface area contributed by atoms with E-state index >= 15 is 0 Å². The molecular formula is C24H21N3O4. The first-order valence-corrected chi connectivity index (χ1v) is 9.77. The van der Waals surface area contributed by atoms with Crippen molar-refractivity contribution in [1.82, 2.24) is 10.7 Å². The minimum absolute atomic E-state index is 0.134. The Kier molecular flexibility index (Phi) is 5.93. The second kappa shape index (κ2) is 9.13. The van der Waals surface area contributed by atoms with Crippen LogP contribution in [0.15, 0.2) is 77.9 Å². The first kappa shape index (κ1) is 20.2. The predicted octanol–water partition coefficient (Wildman–Crippen LogP) is 3.35. The summed E-state index contributed by atoms with van der Waals surface area (Å²) in [5.74, 6) is 0.298. The molecule has 2 amide bonds. The normalized spacial score (nSPS) is 12.4. The molecule has 0 spiro atoms. The zero-order chi connectivity index (χ0) is 21.6. The Labute approximate surface area is 179 Å². The average Bonchev–Trinajstić information content (AvgIpc) is 3.29. The number of rotatable bonds is 6. The van der Waals surface area contributed by atoms with E-state index in [9.17, 15) is 9.59 Å². The van der Waals surface area contributed by atoms with Crippen LogP contribution in [0.5, 0.6) is 11.5 Å². The molecule has 0 bridgehead atoms. The molecule has 3 aromatic carbocycles. The van der Waals surface area contributed by atoms with Crippen LogP contribution in [0.2, 0.25) is 0 Å². The van der Waals surface area contributed by atoms with E-state index in [1.807, 2.05) is 61.5 Å². The molecule has 1 aliphatic heterocycles. The highest BCUT2D eigenvalue weighted by molar-refractivity contribution is 6.00. The van der Waals surface area contributed by atoms with Gasteiger partial charge in [-0.2, -0.15) is 5.10 Å². The third-order valence-corrected chi connectivity index (χ3v) is 4.80.